The molecule has 0 saturated carbocycles. The maximum Gasteiger partial charge on any atom is 0.249 e. The zero-order valence-corrected chi connectivity index (χ0v) is 16.6. The van der Waals surface area contributed by atoms with E-state index < -0.39 is 26.6 Å². The lowest BCUT2D eigenvalue weighted by atomic mass is 10.3. The molecule has 1 N–H and O–H groups in total. The number of halogens is 2. The van der Waals surface area contributed by atoms with E-state index in [1.54, 1.807) is 24.4 Å². The lowest BCUT2D eigenvalue weighted by Gasteiger charge is -2.34. The van der Waals surface area contributed by atoms with Crippen LogP contribution in [-0.2, 0) is 10.0 Å². The van der Waals surface area contributed by atoms with E-state index in [-0.39, 0.29) is 13.1 Å². The summed E-state index contributed by atoms with van der Waals surface area (Å²) in [4.78, 5) is 13.6. The van der Waals surface area contributed by atoms with Gasteiger partial charge in [-0.25, -0.2) is 32.2 Å². The zero-order chi connectivity index (χ0) is 21.1. The minimum absolute atomic E-state index is 0.0725. The standard InChI is InChI=1S/C19H18F2N6O2S/c20-14-4-3-5-15(21)19(14)30(28,29)27-10-8-26(9-11-27)18-12-17(23-13-24-18)25-16-6-1-2-7-22-16/h1-7,12-13H,8-11H2,(H,22,23,24,25). The summed E-state index contributed by atoms with van der Waals surface area (Å²) in [6.07, 6.45) is 3.06. The van der Waals surface area contributed by atoms with Crippen LogP contribution in [-0.4, -0.2) is 53.9 Å². The van der Waals surface area contributed by atoms with Crippen LogP contribution < -0.4 is 10.2 Å². The monoisotopic (exact) mass is 432 g/mol. The Hall–Kier alpha value is -3.18. The number of anilines is 3. The number of rotatable bonds is 5. The molecule has 0 atom stereocenters. The van der Waals surface area contributed by atoms with Crippen molar-refractivity contribution in [2.75, 3.05) is 36.4 Å². The number of hydrogen-bond donors (Lipinski definition) is 1. The van der Waals surface area contributed by atoms with Gasteiger partial charge in [0.2, 0.25) is 10.0 Å². The van der Waals surface area contributed by atoms with Crippen molar-refractivity contribution in [3.05, 3.63) is 66.6 Å². The van der Waals surface area contributed by atoms with Crippen molar-refractivity contribution in [3.8, 4) is 0 Å². The minimum atomic E-state index is -4.27. The van der Waals surface area contributed by atoms with Gasteiger partial charge in [0.25, 0.3) is 0 Å². The highest BCUT2D eigenvalue weighted by Crippen LogP contribution is 2.25. The molecule has 1 aliphatic rings. The minimum Gasteiger partial charge on any atom is -0.354 e. The van der Waals surface area contributed by atoms with Crippen molar-refractivity contribution in [3.63, 3.8) is 0 Å². The molecule has 1 aromatic carbocycles. The van der Waals surface area contributed by atoms with Gasteiger partial charge in [0.15, 0.2) is 4.90 Å². The first-order valence-corrected chi connectivity index (χ1v) is 10.6. The van der Waals surface area contributed by atoms with Gasteiger partial charge < -0.3 is 10.2 Å². The van der Waals surface area contributed by atoms with Crippen LogP contribution in [0, 0.1) is 11.6 Å². The van der Waals surface area contributed by atoms with E-state index in [9.17, 15) is 17.2 Å². The predicted octanol–water partition coefficient (Wildman–Crippen LogP) is 2.40. The van der Waals surface area contributed by atoms with Crippen molar-refractivity contribution >= 4 is 27.5 Å². The predicted molar refractivity (Wildman–Crippen MR) is 107 cm³/mol. The van der Waals surface area contributed by atoms with Crippen molar-refractivity contribution in [1.29, 1.82) is 0 Å². The van der Waals surface area contributed by atoms with Crippen LogP contribution >= 0.6 is 0 Å². The van der Waals surface area contributed by atoms with Gasteiger partial charge >= 0.3 is 0 Å². The molecule has 4 rings (SSSR count). The summed E-state index contributed by atoms with van der Waals surface area (Å²) in [5.41, 5.74) is 0. The third-order valence-corrected chi connectivity index (χ3v) is 6.60. The molecule has 2 aromatic heterocycles. The molecule has 0 aliphatic carbocycles. The molecule has 156 valence electrons. The first-order chi connectivity index (χ1) is 14.4. The van der Waals surface area contributed by atoms with Gasteiger partial charge in [-0.05, 0) is 24.3 Å². The fourth-order valence-corrected chi connectivity index (χ4v) is 4.70. The van der Waals surface area contributed by atoms with E-state index in [1.165, 1.54) is 6.33 Å². The second-order valence-corrected chi connectivity index (χ2v) is 8.42. The van der Waals surface area contributed by atoms with E-state index in [1.807, 2.05) is 11.0 Å². The Morgan fingerprint density at radius 1 is 0.867 bits per heavy atom. The molecule has 1 aliphatic heterocycles. The Morgan fingerprint density at radius 3 is 2.27 bits per heavy atom. The fraction of sp³-hybridized carbons (Fsp3) is 0.211. The molecule has 0 spiro atoms. The van der Waals surface area contributed by atoms with Crippen LogP contribution in [0.5, 0.6) is 0 Å². The van der Waals surface area contributed by atoms with Crippen LogP contribution in [0.4, 0.5) is 26.2 Å². The third-order valence-electron chi connectivity index (χ3n) is 4.65. The Bertz CT molecular complexity index is 1120. The molecule has 0 amide bonds. The highest BCUT2D eigenvalue weighted by Gasteiger charge is 2.33. The number of benzene rings is 1. The van der Waals surface area contributed by atoms with Crippen LogP contribution in [0.15, 0.2) is 59.9 Å². The summed E-state index contributed by atoms with van der Waals surface area (Å²) in [6.45, 7) is 0.775. The number of hydrogen-bond acceptors (Lipinski definition) is 7. The molecular weight excluding hydrogens is 414 g/mol. The van der Waals surface area contributed by atoms with Crippen LogP contribution in [0.3, 0.4) is 0 Å². The normalized spacial score (nSPS) is 15.2. The van der Waals surface area contributed by atoms with Gasteiger partial charge in [-0.3, -0.25) is 0 Å². The zero-order valence-electron chi connectivity index (χ0n) is 15.7. The van der Waals surface area contributed by atoms with Gasteiger partial charge in [-0.2, -0.15) is 4.31 Å². The number of nitrogens with one attached hydrogen (secondary N) is 1. The summed E-state index contributed by atoms with van der Waals surface area (Å²) in [5, 5.41) is 3.07. The van der Waals surface area contributed by atoms with E-state index >= 15 is 0 Å². The Balaban J connectivity index is 1.47. The molecule has 0 unspecified atom stereocenters. The van der Waals surface area contributed by atoms with Crippen molar-refractivity contribution in [1.82, 2.24) is 19.3 Å². The van der Waals surface area contributed by atoms with E-state index in [0.29, 0.717) is 30.5 Å². The van der Waals surface area contributed by atoms with E-state index in [0.717, 1.165) is 22.5 Å². The van der Waals surface area contributed by atoms with Crippen molar-refractivity contribution < 1.29 is 17.2 Å². The lowest BCUT2D eigenvalue weighted by Crippen LogP contribution is -2.49. The summed E-state index contributed by atoms with van der Waals surface area (Å²) < 4.78 is 54.5. The van der Waals surface area contributed by atoms with Gasteiger partial charge in [-0.1, -0.05) is 12.1 Å². The van der Waals surface area contributed by atoms with Gasteiger partial charge in [-0.15, -0.1) is 0 Å². The quantitative estimate of drug-likeness (QED) is 0.662. The summed E-state index contributed by atoms with van der Waals surface area (Å²) in [7, 11) is -4.27. The first-order valence-electron chi connectivity index (χ1n) is 9.14. The molecule has 11 heteroatoms. The van der Waals surface area contributed by atoms with Gasteiger partial charge in [0.1, 0.15) is 35.4 Å². The Labute approximate surface area is 172 Å². The fourth-order valence-electron chi connectivity index (χ4n) is 3.17. The number of sulfonamides is 1. The average Bonchev–Trinajstić information content (AvgIpc) is 2.74. The maximum atomic E-state index is 14.0. The SMILES string of the molecule is O=S(=O)(c1c(F)cccc1F)N1CCN(c2cc(Nc3ccccn3)ncn2)CC1. The molecule has 1 fully saturated rings. The highest BCUT2D eigenvalue weighted by molar-refractivity contribution is 7.89. The molecule has 0 radical (unpaired) electrons. The molecule has 0 bridgehead atoms. The molecule has 30 heavy (non-hydrogen) atoms. The summed E-state index contributed by atoms with van der Waals surface area (Å²) >= 11 is 0. The van der Waals surface area contributed by atoms with Crippen LogP contribution in [0.2, 0.25) is 0 Å². The van der Waals surface area contributed by atoms with E-state index in [4.69, 9.17) is 0 Å². The molecule has 3 heterocycles. The second-order valence-electron chi connectivity index (χ2n) is 6.54. The van der Waals surface area contributed by atoms with Gasteiger partial charge in [0, 0.05) is 38.4 Å². The summed E-state index contributed by atoms with van der Waals surface area (Å²) in [5.74, 6) is -0.415. The molecule has 3 aromatic rings. The second kappa shape index (κ2) is 8.28. The smallest absolute Gasteiger partial charge is 0.249 e. The molecule has 1 saturated heterocycles. The number of nitrogens with zero attached hydrogens (tertiary/aromatic N) is 5. The average molecular weight is 432 g/mol. The van der Waals surface area contributed by atoms with Crippen molar-refractivity contribution in [2.24, 2.45) is 0 Å². The van der Waals surface area contributed by atoms with E-state index in [2.05, 4.69) is 20.3 Å². The number of piperazine rings is 1. The lowest BCUT2D eigenvalue weighted by molar-refractivity contribution is 0.377. The number of aromatic nitrogens is 3. The Morgan fingerprint density at radius 2 is 1.60 bits per heavy atom. The first kappa shape index (κ1) is 20.1. The maximum absolute atomic E-state index is 14.0. The highest BCUT2D eigenvalue weighted by atomic mass is 32.2. The topological polar surface area (TPSA) is 91.3 Å². The molecular formula is C19H18F2N6O2S. The van der Waals surface area contributed by atoms with Crippen molar-refractivity contribution in [2.45, 2.75) is 4.90 Å². The van der Waals surface area contributed by atoms with Crippen LogP contribution in [0.25, 0.3) is 0 Å². The summed E-state index contributed by atoms with van der Waals surface area (Å²) in [6, 6.07) is 10.2. The molecule has 8 nitrogen and oxygen atoms in total. The van der Waals surface area contributed by atoms with Gasteiger partial charge in [0.05, 0.1) is 0 Å². The Kier molecular flexibility index (Phi) is 5.55. The number of pyridine rings is 1. The third kappa shape index (κ3) is 4.07. The largest absolute Gasteiger partial charge is 0.354 e. The van der Waals surface area contributed by atoms with Crippen LogP contribution in [0.1, 0.15) is 0 Å².